The molecule has 0 radical (unpaired) electrons. The van der Waals surface area contributed by atoms with Crippen LogP contribution in [0.3, 0.4) is 0 Å². The van der Waals surface area contributed by atoms with Gasteiger partial charge in [0.15, 0.2) is 11.5 Å². The maximum atomic E-state index is 12.3. The first-order chi connectivity index (χ1) is 12.6. The van der Waals surface area contributed by atoms with Gasteiger partial charge in [0.25, 0.3) is 0 Å². The highest BCUT2D eigenvalue weighted by Gasteiger charge is 2.50. The lowest BCUT2D eigenvalue weighted by Crippen LogP contribution is -2.51. The van der Waals surface area contributed by atoms with E-state index in [-0.39, 0.29) is 5.91 Å². The summed E-state index contributed by atoms with van der Waals surface area (Å²) in [6.45, 7) is 0.839. The van der Waals surface area contributed by atoms with Gasteiger partial charge in [0, 0.05) is 12.6 Å². The summed E-state index contributed by atoms with van der Waals surface area (Å²) in [5.74, 6) is 4.11. The van der Waals surface area contributed by atoms with Crippen LogP contribution in [0.4, 0.5) is 0 Å². The summed E-state index contributed by atoms with van der Waals surface area (Å²) in [5.41, 5.74) is 1.30. The van der Waals surface area contributed by atoms with Gasteiger partial charge in [-0.1, -0.05) is 6.07 Å². The maximum Gasteiger partial charge on any atom is 0.244 e. The zero-order valence-electron chi connectivity index (χ0n) is 15.8. The van der Waals surface area contributed by atoms with E-state index in [9.17, 15) is 4.79 Å². The fourth-order valence-electron chi connectivity index (χ4n) is 5.97. The predicted octanol–water partition coefficient (Wildman–Crippen LogP) is 4.05. The Labute approximate surface area is 156 Å². The van der Waals surface area contributed by atoms with Crippen LogP contribution < -0.4 is 14.8 Å². The van der Waals surface area contributed by atoms with E-state index in [1.165, 1.54) is 38.5 Å². The Balaban J connectivity index is 1.35. The lowest BCUT2D eigenvalue weighted by Gasteiger charge is -2.56. The van der Waals surface area contributed by atoms with Crippen LogP contribution >= 0.6 is 0 Å². The summed E-state index contributed by atoms with van der Waals surface area (Å²) in [6.07, 6.45) is 11.7. The summed E-state index contributed by atoms with van der Waals surface area (Å²) in [4.78, 5) is 12.3. The van der Waals surface area contributed by atoms with Gasteiger partial charge in [-0.05, 0) is 85.5 Å². The van der Waals surface area contributed by atoms with Gasteiger partial charge in [-0.15, -0.1) is 0 Å². The minimum absolute atomic E-state index is 0.00414. The van der Waals surface area contributed by atoms with Crippen molar-refractivity contribution in [1.82, 2.24) is 5.32 Å². The summed E-state index contributed by atoms with van der Waals surface area (Å²) in [5, 5.41) is 3.18. The molecule has 5 rings (SSSR count). The van der Waals surface area contributed by atoms with Crippen molar-refractivity contribution in [3.63, 3.8) is 0 Å². The second-order valence-electron chi connectivity index (χ2n) is 8.58. The van der Waals surface area contributed by atoms with E-state index in [0.717, 1.165) is 29.9 Å². The van der Waals surface area contributed by atoms with E-state index in [0.29, 0.717) is 16.9 Å². The van der Waals surface area contributed by atoms with E-state index in [1.807, 2.05) is 24.3 Å². The van der Waals surface area contributed by atoms with Gasteiger partial charge >= 0.3 is 0 Å². The van der Waals surface area contributed by atoms with Gasteiger partial charge in [0.05, 0.1) is 14.2 Å². The summed E-state index contributed by atoms with van der Waals surface area (Å²) < 4.78 is 10.6. The van der Waals surface area contributed by atoms with Crippen LogP contribution in [-0.2, 0) is 4.79 Å². The summed E-state index contributed by atoms with van der Waals surface area (Å²) in [6, 6.07) is 5.65. The molecule has 1 aromatic carbocycles. The second-order valence-corrected chi connectivity index (χ2v) is 8.58. The van der Waals surface area contributed by atoms with Gasteiger partial charge in [0.1, 0.15) is 0 Å². The molecule has 4 bridgehead atoms. The molecule has 1 amide bonds. The fourth-order valence-corrected chi connectivity index (χ4v) is 5.97. The number of carbonyl (C=O) groups excluding carboxylic acids is 1. The number of methoxy groups -OCH3 is 2. The molecule has 4 nitrogen and oxygen atoms in total. The fraction of sp³-hybridized carbons (Fsp3) is 0.591. The Morgan fingerprint density at radius 2 is 1.69 bits per heavy atom. The normalized spacial score (nSPS) is 32.0. The number of carbonyl (C=O) groups is 1. The smallest absolute Gasteiger partial charge is 0.244 e. The zero-order chi connectivity index (χ0) is 18.1. The van der Waals surface area contributed by atoms with E-state index >= 15 is 0 Å². The number of hydrogen-bond donors (Lipinski definition) is 1. The van der Waals surface area contributed by atoms with Crippen molar-refractivity contribution >= 4 is 12.0 Å². The number of rotatable bonds is 6. The van der Waals surface area contributed by atoms with Crippen molar-refractivity contribution in [1.29, 1.82) is 0 Å². The lowest BCUT2D eigenvalue weighted by atomic mass is 9.49. The molecular formula is C22H29NO3. The Kier molecular flexibility index (Phi) is 4.68. The minimum Gasteiger partial charge on any atom is -0.493 e. The average molecular weight is 355 g/mol. The zero-order valence-corrected chi connectivity index (χ0v) is 15.8. The van der Waals surface area contributed by atoms with Crippen molar-refractivity contribution < 1.29 is 14.3 Å². The van der Waals surface area contributed by atoms with Gasteiger partial charge < -0.3 is 14.8 Å². The number of ether oxygens (including phenoxy) is 2. The molecule has 4 heteroatoms. The molecule has 4 aliphatic carbocycles. The molecule has 0 saturated heterocycles. The van der Waals surface area contributed by atoms with Gasteiger partial charge in [-0.2, -0.15) is 0 Å². The monoisotopic (exact) mass is 355 g/mol. The van der Waals surface area contributed by atoms with E-state index in [4.69, 9.17) is 9.47 Å². The lowest BCUT2D eigenvalue weighted by molar-refractivity contribution is -0.118. The topological polar surface area (TPSA) is 47.6 Å². The van der Waals surface area contributed by atoms with Crippen LogP contribution in [0, 0.1) is 23.2 Å². The second kappa shape index (κ2) is 6.98. The maximum absolute atomic E-state index is 12.3. The molecule has 140 valence electrons. The molecule has 0 aromatic heterocycles. The van der Waals surface area contributed by atoms with Crippen molar-refractivity contribution in [2.75, 3.05) is 20.8 Å². The molecule has 0 spiro atoms. The molecule has 0 unspecified atom stereocenters. The first kappa shape index (κ1) is 17.4. The Morgan fingerprint density at radius 3 is 2.27 bits per heavy atom. The number of hydrogen-bond acceptors (Lipinski definition) is 3. The summed E-state index contributed by atoms with van der Waals surface area (Å²) in [7, 11) is 3.23. The van der Waals surface area contributed by atoms with Gasteiger partial charge in [-0.25, -0.2) is 0 Å². The molecule has 1 N–H and O–H groups in total. The van der Waals surface area contributed by atoms with Gasteiger partial charge in [-0.3, -0.25) is 4.79 Å². The van der Waals surface area contributed by atoms with Crippen molar-refractivity contribution in [3.05, 3.63) is 29.8 Å². The third-order valence-electron chi connectivity index (χ3n) is 6.64. The highest BCUT2D eigenvalue weighted by Crippen LogP contribution is 2.59. The summed E-state index contributed by atoms with van der Waals surface area (Å²) >= 11 is 0. The molecule has 0 aliphatic heterocycles. The van der Waals surface area contributed by atoms with Crippen molar-refractivity contribution in [3.8, 4) is 11.5 Å². The third kappa shape index (κ3) is 3.46. The van der Waals surface area contributed by atoms with Crippen LogP contribution in [0.5, 0.6) is 11.5 Å². The first-order valence-corrected chi connectivity index (χ1v) is 9.77. The first-order valence-electron chi connectivity index (χ1n) is 9.77. The van der Waals surface area contributed by atoms with E-state index < -0.39 is 0 Å². The Bertz CT molecular complexity index is 674. The molecule has 4 aliphatic rings. The van der Waals surface area contributed by atoms with Crippen molar-refractivity contribution in [2.45, 2.75) is 38.5 Å². The highest BCUT2D eigenvalue weighted by atomic mass is 16.5. The van der Waals surface area contributed by atoms with Crippen molar-refractivity contribution in [2.24, 2.45) is 23.2 Å². The quantitative estimate of drug-likeness (QED) is 0.783. The molecule has 4 saturated carbocycles. The van der Waals surface area contributed by atoms with Crippen LogP contribution in [0.25, 0.3) is 6.08 Å². The van der Waals surface area contributed by atoms with Crippen LogP contribution in [-0.4, -0.2) is 26.7 Å². The third-order valence-corrected chi connectivity index (χ3v) is 6.64. The molecule has 0 heterocycles. The number of amides is 1. The minimum atomic E-state index is -0.00414. The van der Waals surface area contributed by atoms with E-state index in [2.05, 4.69) is 5.32 Å². The van der Waals surface area contributed by atoms with E-state index in [1.54, 1.807) is 20.3 Å². The molecular weight excluding hydrogens is 326 g/mol. The SMILES string of the molecule is COc1ccc(C=CC(=O)NCC23CC4CC(CC(C4)C2)C3)cc1OC. The van der Waals surface area contributed by atoms with Crippen LogP contribution in [0.1, 0.15) is 44.1 Å². The molecule has 1 aromatic rings. The standard InChI is InChI=1S/C22H29NO3/c1-25-19-5-3-15(10-20(19)26-2)4-6-21(24)23-14-22-11-16-7-17(12-22)9-18(8-16)13-22/h3-6,10,16-18H,7-9,11-14H2,1-2H3,(H,23,24). The predicted molar refractivity (Wildman–Crippen MR) is 102 cm³/mol. The average Bonchev–Trinajstić information content (AvgIpc) is 2.63. The Morgan fingerprint density at radius 1 is 1.08 bits per heavy atom. The molecule has 0 atom stereocenters. The molecule has 4 fully saturated rings. The number of nitrogens with one attached hydrogen (secondary N) is 1. The highest BCUT2D eigenvalue weighted by molar-refractivity contribution is 5.91. The number of benzene rings is 1. The largest absolute Gasteiger partial charge is 0.493 e. The van der Waals surface area contributed by atoms with Crippen LogP contribution in [0.15, 0.2) is 24.3 Å². The van der Waals surface area contributed by atoms with Gasteiger partial charge in [0.2, 0.25) is 5.91 Å². The molecule has 26 heavy (non-hydrogen) atoms. The Hall–Kier alpha value is -1.97. The van der Waals surface area contributed by atoms with Crippen LogP contribution in [0.2, 0.25) is 0 Å².